The van der Waals surface area contributed by atoms with Gasteiger partial charge in [0.1, 0.15) is 16.7 Å². The highest BCUT2D eigenvalue weighted by Gasteiger charge is 2.32. The van der Waals surface area contributed by atoms with E-state index in [-0.39, 0.29) is 24.2 Å². The maximum absolute atomic E-state index is 12.5. The van der Waals surface area contributed by atoms with Gasteiger partial charge in [-0.05, 0) is 17.7 Å². The summed E-state index contributed by atoms with van der Waals surface area (Å²) in [7, 11) is -2.04. The highest BCUT2D eigenvalue weighted by molar-refractivity contribution is 7.89. The number of aryl methyl sites for hydroxylation is 1. The van der Waals surface area contributed by atoms with Gasteiger partial charge in [0.15, 0.2) is 0 Å². The first-order chi connectivity index (χ1) is 12.0. The van der Waals surface area contributed by atoms with Gasteiger partial charge < -0.3 is 14.6 Å². The van der Waals surface area contributed by atoms with Crippen LogP contribution in [0, 0.1) is 0 Å². The molecule has 1 saturated heterocycles. The summed E-state index contributed by atoms with van der Waals surface area (Å²) in [6, 6.07) is 6.55. The van der Waals surface area contributed by atoms with Gasteiger partial charge in [-0.1, -0.05) is 12.1 Å². The van der Waals surface area contributed by atoms with Crippen LogP contribution in [0.3, 0.4) is 0 Å². The first-order valence-corrected chi connectivity index (χ1v) is 9.41. The van der Waals surface area contributed by atoms with E-state index in [1.807, 2.05) is 0 Å². The van der Waals surface area contributed by atoms with E-state index >= 15 is 0 Å². The average molecular weight is 367 g/mol. The van der Waals surface area contributed by atoms with Crippen LogP contribution in [-0.2, 0) is 28.4 Å². The summed E-state index contributed by atoms with van der Waals surface area (Å²) >= 11 is 0. The summed E-state index contributed by atoms with van der Waals surface area (Å²) in [5.74, 6) is 0.620. The highest BCUT2D eigenvalue weighted by atomic mass is 32.2. The normalized spacial score (nSPS) is 21.2. The van der Waals surface area contributed by atoms with E-state index in [9.17, 15) is 8.42 Å². The zero-order valence-electron chi connectivity index (χ0n) is 13.8. The number of nitrogens with zero attached hydrogens (tertiary/aromatic N) is 2. The zero-order chi connectivity index (χ0) is 17.9. The van der Waals surface area contributed by atoms with Gasteiger partial charge in [0.25, 0.3) is 0 Å². The maximum Gasteiger partial charge on any atom is 0.244 e. The molecule has 25 heavy (non-hydrogen) atoms. The minimum absolute atomic E-state index is 0.0366. The Morgan fingerprint density at radius 1 is 1.40 bits per heavy atom. The summed E-state index contributed by atoms with van der Waals surface area (Å²) in [5, 5.41) is 13.0. The predicted octanol–water partition coefficient (Wildman–Crippen LogP) is 0.427. The van der Waals surface area contributed by atoms with E-state index in [0.717, 1.165) is 5.56 Å². The van der Waals surface area contributed by atoms with Gasteiger partial charge in [0.05, 0.1) is 32.1 Å². The second-order valence-corrected chi connectivity index (χ2v) is 7.61. The van der Waals surface area contributed by atoms with E-state index in [1.54, 1.807) is 31.3 Å². The molecule has 0 saturated carbocycles. The number of aliphatic hydroxyl groups is 1. The monoisotopic (exact) mass is 367 g/mol. The van der Waals surface area contributed by atoms with Crippen molar-refractivity contribution in [2.45, 2.75) is 30.1 Å². The molecule has 136 valence electrons. The molecule has 3 rings (SSSR count). The van der Waals surface area contributed by atoms with Crippen molar-refractivity contribution in [1.29, 1.82) is 0 Å². The second-order valence-electron chi connectivity index (χ2n) is 5.90. The minimum atomic E-state index is -3.70. The minimum Gasteiger partial charge on any atom is -0.489 e. The van der Waals surface area contributed by atoms with E-state index in [0.29, 0.717) is 18.8 Å². The smallest absolute Gasteiger partial charge is 0.244 e. The van der Waals surface area contributed by atoms with E-state index in [1.165, 1.54) is 17.1 Å². The Kier molecular flexibility index (Phi) is 5.38. The first-order valence-electron chi connectivity index (χ1n) is 7.93. The number of ether oxygens (including phenoxy) is 2. The third-order valence-electron chi connectivity index (χ3n) is 3.98. The predicted molar refractivity (Wildman–Crippen MR) is 89.5 cm³/mol. The van der Waals surface area contributed by atoms with Gasteiger partial charge in [-0.25, -0.2) is 13.1 Å². The summed E-state index contributed by atoms with van der Waals surface area (Å²) in [4.78, 5) is 0.103. The first kappa shape index (κ1) is 17.9. The van der Waals surface area contributed by atoms with Crippen molar-refractivity contribution in [2.24, 2.45) is 7.05 Å². The Hall–Kier alpha value is -1.94. The lowest BCUT2D eigenvalue weighted by molar-refractivity contribution is 0.00320. The molecule has 0 unspecified atom stereocenters. The molecule has 0 amide bonds. The standard InChI is InChI=1S/C16H21N3O5S/c1-19-9-14(8-17-19)25(21,22)18-15-11-23-7-6-16(15)24-13-4-2-12(10-20)3-5-13/h2-5,8-9,15-16,18,20H,6-7,10-11H2,1H3/t15-,16-/m1/s1. The molecule has 0 aliphatic carbocycles. The fourth-order valence-electron chi connectivity index (χ4n) is 2.62. The van der Waals surface area contributed by atoms with Crippen LogP contribution in [0.2, 0.25) is 0 Å². The van der Waals surface area contributed by atoms with E-state index in [4.69, 9.17) is 14.6 Å². The molecule has 1 aromatic heterocycles. The Balaban J connectivity index is 1.72. The van der Waals surface area contributed by atoms with Crippen LogP contribution >= 0.6 is 0 Å². The number of hydrogen-bond donors (Lipinski definition) is 2. The lowest BCUT2D eigenvalue weighted by Gasteiger charge is -2.32. The summed E-state index contributed by atoms with van der Waals surface area (Å²) in [5.41, 5.74) is 0.785. The van der Waals surface area contributed by atoms with Crippen molar-refractivity contribution in [1.82, 2.24) is 14.5 Å². The fraction of sp³-hybridized carbons (Fsp3) is 0.438. The third kappa shape index (κ3) is 4.37. The fourth-order valence-corrected chi connectivity index (χ4v) is 3.85. The molecule has 2 N–H and O–H groups in total. The average Bonchev–Trinajstić information content (AvgIpc) is 3.05. The number of rotatable bonds is 6. The molecule has 0 bridgehead atoms. The Morgan fingerprint density at radius 3 is 2.80 bits per heavy atom. The highest BCUT2D eigenvalue weighted by Crippen LogP contribution is 2.20. The molecular formula is C16H21N3O5S. The molecule has 1 aliphatic heterocycles. The number of aliphatic hydroxyl groups excluding tert-OH is 1. The van der Waals surface area contributed by atoms with Crippen LogP contribution in [0.4, 0.5) is 0 Å². The Labute approximate surface area is 146 Å². The molecule has 8 nitrogen and oxygen atoms in total. The number of benzene rings is 1. The van der Waals surface area contributed by atoms with Crippen LogP contribution in [-0.4, -0.2) is 48.7 Å². The largest absolute Gasteiger partial charge is 0.489 e. The lowest BCUT2D eigenvalue weighted by atomic mass is 10.1. The molecule has 1 aliphatic rings. The molecule has 2 heterocycles. The van der Waals surface area contributed by atoms with Crippen molar-refractivity contribution < 1.29 is 23.0 Å². The Morgan fingerprint density at radius 2 is 2.16 bits per heavy atom. The van der Waals surface area contributed by atoms with Gasteiger partial charge in [0, 0.05) is 19.7 Å². The van der Waals surface area contributed by atoms with Gasteiger partial charge in [-0.2, -0.15) is 5.10 Å². The van der Waals surface area contributed by atoms with Gasteiger partial charge >= 0.3 is 0 Å². The van der Waals surface area contributed by atoms with Gasteiger partial charge in [-0.15, -0.1) is 0 Å². The van der Waals surface area contributed by atoms with E-state index in [2.05, 4.69) is 9.82 Å². The maximum atomic E-state index is 12.5. The topological polar surface area (TPSA) is 103 Å². The summed E-state index contributed by atoms with van der Waals surface area (Å²) in [6.07, 6.45) is 2.97. The number of nitrogens with one attached hydrogen (secondary N) is 1. The van der Waals surface area contributed by atoms with Crippen molar-refractivity contribution in [3.63, 3.8) is 0 Å². The summed E-state index contributed by atoms with van der Waals surface area (Å²) in [6.45, 7) is 0.703. The van der Waals surface area contributed by atoms with Gasteiger partial charge in [0.2, 0.25) is 10.0 Å². The lowest BCUT2D eigenvalue weighted by Crippen LogP contribution is -2.51. The second kappa shape index (κ2) is 7.52. The zero-order valence-corrected chi connectivity index (χ0v) is 14.6. The molecule has 0 spiro atoms. The van der Waals surface area contributed by atoms with Gasteiger partial charge in [-0.3, -0.25) is 4.68 Å². The van der Waals surface area contributed by atoms with Crippen LogP contribution in [0.1, 0.15) is 12.0 Å². The molecule has 2 aromatic rings. The summed E-state index contributed by atoms with van der Waals surface area (Å²) < 4.78 is 40.4. The number of sulfonamides is 1. The van der Waals surface area contributed by atoms with Crippen LogP contribution in [0.25, 0.3) is 0 Å². The third-order valence-corrected chi connectivity index (χ3v) is 5.43. The van der Waals surface area contributed by atoms with Crippen LogP contribution in [0.15, 0.2) is 41.6 Å². The van der Waals surface area contributed by atoms with Crippen LogP contribution < -0.4 is 9.46 Å². The quantitative estimate of drug-likeness (QED) is 0.767. The van der Waals surface area contributed by atoms with Crippen molar-refractivity contribution in [2.75, 3.05) is 13.2 Å². The molecule has 1 fully saturated rings. The molecule has 0 radical (unpaired) electrons. The number of hydrogen-bond acceptors (Lipinski definition) is 6. The van der Waals surface area contributed by atoms with Crippen molar-refractivity contribution in [3.8, 4) is 5.75 Å². The van der Waals surface area contributed by atoms with E-state index < -0.39 is 16.1 Å². The Bertz CT molecular complexity index is 803. The van der Waals surface area contributed by atoms with Crippen molar-refractivity contribution >= 4 is 10.0 Å². The SMILES string of the molecule is Cn1cc(S(=O)(=O)N[C@@H]2COCC[C@H]2Oc2ccc(CO)cc2)cn1. The molecule has 1 aromatic carbocycles. The van der Waals surface area contributed by atoms with Crippen LogP contribution in [0.5, 0.6) is 5.75 Å². The molecule has 9 heteroatoms. The molecule has 2 atom stereocenters. The molecular weight excluding hydrogens is 346 g/mol. The van der Waals surface area contributed by atoms with Crippen molar-refractivity contribution in [3.05, 3.63) is 42.2 Å². The number of aromatic nitrogens is 2.